The lowest BCUT2D eigenvalue weighted by Crippen LogP contribution is -2.32. The Kier molecular flexibility index (Phi) is 6.44. The third-order valence-corrected chi connectivity index (χ3v) is 2.97. The summed E-state index contributed by atoms with van der Waals surface area (Å²) in [6.07, 6.45) is 3.57. The monoisotopic (exact) mass is 314 g/mol. The average Bonchev–Trinajstić information content (AvgIpc) is 2.26. The van der Waals surface area contributed by atoms with Gasteiger partial charge in [-0.05, 0) is 60.5 Å². The van der Waals surface area contributed by atoms with Crippen molar-refractivity contribution in [3.63, 3.8) is 0 Å². The number of ether oxygens (including phenoxy) is 3. The molecule has 0 saturated heterocycles. The van der Waals surface area contributed by atoms with Gasteiger partial charge in [0.15, 0.2) is 0 Å². The summed E-state index contributed by atoms with van der Waals surface area (Å²) in [6, 6.07) is 0. The number of aliphatic hydroxyl groups excluding tert-OH is 1. The molecule has 22 heavy (non-hydrogen) atoms. The smallest absolute Gasteiger partial charge is 0.429 e. The molecule has 0 spiro atoms. The van der Waals surface area contributed by atoms with Crippen LogP contribution in [0.4, 0.5) is 4.79 Å². The minimum Gasteiger partial charge on any atom is -0.429 e. The van der Waals surface area contributed by atoms with Gasteiger partial charge in [-0.15, -0.1) is 0 Å². The van der Waals surface area contributed by atoms with Crippen LogP contribution < -0.4 is 0 Å². The molecule has 0 heterocycles. The normalized spacial score (nSPS) is 28.4. The summed E-state index contributed by atoms with van der Waals surface area (Å²) in [5.74, 6) is 0. The minimum atomic E-state index is -0.719. The van der Waals surface area contributed by atoms with Gasteiger partial charge in [-0.3, -0.25) is 0 Å². The van der Waals surface area contributed by atoms with Gasteiger partial charge in [0.2, 0.25) is 0 Å². The van der Waals surface area contributed by atoms with Gasteiger partial charge in [0.1, 0.15) is 11.7 Å². The van der Waals surface area contributed by atoms with Gasteiger partial charge in [0.25, 0.3) is 0 Å². The van der Waals surface area contributed by atoms with Gasteiger partial charge in [0.05, 0.1) is 17.8 Å². The topological polar surface area (TPSA) is 65.0 Å². The molecule has 5 nitrogen and oxygen atoms in total. The Labute approximate surface area is 133 Å². The molecule has 1 aliphatic rings. The van der Waals surface area contributed by atoms with Crippen molar-refractivity contribution in [1.29, 1.82) is 0 Å². The first kappa shape index (κ1) is 19.0. The van der Waals surface area contributed by atoms with E-state index in [1.165, 1.54) is 0 Å². The molecule has 1 aliphatic carbocycles. The van der Waals surface area contributed by atoms with Crippen LogP contribution in [-0.2, 0) is 14.2 Å². The van der Waals surface area contributed by atoms with Gasteiger partial charge in [-0.2, -0.15) is 0 Å². The predicted octanol–water partition coefficient (Wildman–Crippen LogP) is 3.59. The van der Waals surface area contributed by atoms with E-state index in [4.69, 9.17) is 14.2 Å². The van der Waals surface area contributed by atoms with Crippen LogP contribution in [0.2, 0.25) is 0 Å². The molecule has 128 valence electrons. The Morgan fingerprint density at radius 2 is 1.59 bits per heavy atom. The first-order chi connectivity index (χ1) is 9.94. The summed E-state index contributed by atoms with van der Waals surface area (Å²) < 4.78 is 16.4. The number of carbonyl (C=O) groups excluding carboxylic acids is 1. The van der Waals surface area contributed by atoms with E-state index in [1.54, 1.807) is 26.8 Å². The zero-order chi connectivity index (χ0) is 17.0. The van der Waals surface area contributed by atoms with Crippen molar-refractivity contribution in [1.82, 2.24) is 0 Å². The maximum absolute atomic E-state index is 11.8. The lowest BCUT2D eigenvalue weighted by molar-refractivity contribution is -0.0531. The number of rotatable bonds is 2. The molecule has 0 bridgehead atoms. The highest BCUT2D eigenvalue weighted by Crippen LogP contribution is 2.22. The zero-order valence-electron chi connectivity index (χ0n) is 14.6. The van der Waals surface area contributed by atoms with Crippen molar-refractivity contribution < 1.29 is 24.1 Å². The highest BCUT2D eigenvalue weighted by atomic mass is 16.7. The molecule has 1 rings (SSSR count). The molecule has 0 aromatic rings. The van der Waals surface area contributed by atoms with Gasteiger partial charge in [-0.25, -0.2) is 4.79 Å². The van der Waals surface area contributed by atoms with E-state index in [0.717, 1.165) is 6.42 Å². The van der Waals surface area contributed by atoms with E-state index in [-0.39, 0.29) is 11.7 Å². The van der Waals surface area contributed by atoms with E-state index >= 15 is 0 Å². The van der Waals surface area contributed by atoms with Crippen LogP contribution in [0.3, 0.4) is 0 Å². The van der Waals surface area contributed by atoms with E-state index < -0.39 is 24.0 Å². The maximum Gasteiger partial charge on any atom is 0.509 e. The molecular formula is C17H30O5. The fourth-order valence-electron chi connectivity index (χ4n) is 2.20. The molecule has 0 aliphatic heterocycles. The standard InChI is InChI=1S/C17H30O5/c1-16(2,3)21-13-8-7-12(18)11-14(10-9-13)20-15(19)22-17(4,5)6/h9-10,12-14,18H,7-8,11H2,1-6H3/b10-9+. The first-order valence-electron chi connectivity index (χ1n) is 7.88. The van der Waals surface area contributed by atoms with E-state index in [9.17, 15) is 9.90 Å². The molecule has 3 unspecified atom stereocenters. The van der Waals surface area contributed by atoms with Crippen LogP contribution in [0.1, 0.15) is 60.8 Å². The molecule has 0 aromatic carbocycles. The number of carbonyl (C=O) groups is 1. The first-order valence-corrected chi connectivity index (χ1v) is 7.88. The van der Waals surface area contributed by atoms with Crippen molar-refractivity contribution in [2.75, 3.05) is 0 Å². The van der Waals surface area contributed by atoms with Crippen LogP contribution in [-0.4, -0.2) is 40.8 Å². The molecule has 0 fully saturated rings. The van der Waals surface area contributed by atoms with E-state index in [0.29, 0.717) is 12.8 Å². The Morgan fingerprint density at radius 3 is 2.14 bits per heavy atom. The third kappa shape index (κ3) is 8.39. The van der Waals surface area contributed by atoms with Crippen LogP contribution >= 0.6 is 0 Å². The SMILES string of the molecule is CC(C)(C)OC(=O)OC1/C=C/C(OC(C)(C)C)CCC(O)C1. The maximum atomic E-state index is 11.8. The van der Waals surface area contributed by atoms with Gasteiger partial charge in [-0.1, -0.05) is 6.08 Å². The van der Waals surface area contributed by atoms with Gasteiger partial charge < -0.3 is 19.3 Å². The molecule has 0 aromatic heterocycles. The van der Waals surface area contributed by atoms with Crippen molar-refractivity contribution >= 4 is 6.16 Å². The fraction of sp³-hybridized carbons (Fsp3) is 0.824. The third-order valence-electron chi connectivity index (χ3n) is 2.97. The summed E-state index contributed by atoms with van der Waals surface area (Å²) in [4.78, 5) is 11.8. The average molecular weight is 314 g/mol. The molecule has 0 amide bonds. The highest BCUT2D eigenvalue weighted by Gasteiger charge is 2.25. The van der Waals surface area contributed by atoms with Gasteiger partial charge in [0, 0.05) is 6.42 Å². The second-order valence-corrected chi connectivity index (χ2v) is 7.74. The van der Waals surface area contributed by atoms with E-state index in [2.05, 4.69) is 0 Å². The predicted molar refractivity (Wildman–Crippen MR) is 84.7 cm³/mol. The minimum absolute atomic E-state index is 0.0975. The Morgan fingerprint density at radius 1 is 1.00 bits per heavy atom. The summed E-state index contributed by atoms with van der Waals surface area (Å²) >= 11 is 0. The Hall–Kier alpha value is -1.07. The van der Waals surface area contributed by atoms with Crippen molar-refractivity contribution in [2.24, 2.45) is 0 Å². The Bertz CT molecular complexity index is 389. The van der Waals surface area contributed by atoms with Crippen LogP contribution in [0.5, 0.6) is 0 Å². The highest BCUT2D eigenvalue weighted by molar-refractivity contribution is 5.61. The molecule has 0 radical (unpaired) electrons. The number of aliphatic hydroxyl groups is 1. The summed E-state index contributed by atoms with van der Waals surface area (Å²) in [6.45, 7) is 11.3. The summed E-state index contributed by atoms with van der Waals surface area (Å²) in [7, 11) is 0. The molecule has 5 heteroatoms. The second kappa shape index (κ2) is 7.47. The van der Waals surface area contributed by atoms with Gasteiger partial charge >= 0.3 is 6.16 Å². The summed E-state index contributed by atoms with van der Waals surface area (Å²) in [5, 5.41) is 10.0. The summed E-state index contributed by atoms with van der Waals surface area (Å²) in [5.41, 5.74) is -0.862. The number of hydrogen-bond acceptors (Lipinski definition) is 5. The Balaban J connectivity index is 2.67. The van der Waals surface area contributed by atoms with Crippen LogP contribution in [0, 0.1) is 0 Å². The molecule has 3 atom stereocenters. The van der Waals surface area contributed by atoms with Crippen LogP contribution in [0.25, 0.3) is 0 Å². The number of hydrogen-bond donors (Lipinski definition) is 1. The lowest BCUT2D eigenvalue weighted by atomic mass is 9.99. The molecule has 1 N–H and O–H groups in total. The van der Waals surface area contributed by atoms with Crippen molar-refractivity contribution in [3.8, 4) is 0 Å². The largest absolute Gasteiger partial charge is 0.509 e. The fourth-order valence-corrected chi connectivity index (χ4v) is 2.20. The molecule has 0 saturated carbocycles. The van der Waals surface area contributed by atoms with E-state index in [1.807, 2.05) is 26.8 Å². The lowest BCUT2D eigenvalue weighted by Gasteiger charge is -2.29. The second-order valence-electron chi connectivity index (χ2n) is 7.74. The van der Waals surface area contributed by atoms with Crippen molar-refractivity contribution in [2.45, 2.75) is 90.3 Å². The quantitative estimate of drug-likeness (QED) is 0.623. The zero-order valence-corrected chi connectivity index (χ0v) is 14.6. The van der Waals surface area contributed by atoms with Crippen molar-refractivity contribution in [3.05, 3.63) is 12.2 Å². The van der Waals surface area contributed by atoms with Crippen LogP contribution in [0.15, 0.2) is 12.2 Å². The molecular weight excluding hydrogens is 284 g/mol.